The quantitative estimate of drug-likeness (QED) is 0.473. The maximum absolute atomic E-state index is 13.7. The lowest BCUT2D eigenvalue weighted by atomic mass is 9.86. The predicted octanol–water partition coefficient (Wildman–Crippen LogP) is 5.47. The minimum absolute atomic E-state index is 0.0115. The zero-order chi connectivity index (χ0) is 25.3. The molecule has 6 nitrogen and oxygen atoms in total. The van der Waals surface area contributed by atoms with Gasteiger partial charge in [-0.2, -0.15) is 0 Å². The van der Waals surface area contributed by atoms with E-state index in [4.69, 9.17) is 27.9 Å². The summed E-state index contributed by atoms with van der Waals surface area (Å²) in [5.74, 6) is -0.354. The molecule has 1 unspecified atom stereocenters. The monoisotopic (exact) mass is 514 g/mol. The van der Waals surface area contributed by atoms with E-state index in [0.29, 0.717) is 35.4 Å². The van der Waals surface area contributed by atoms with Crippen LogP contribution in [0.5, 0.6) is 5.75 Å². The highest BCUT2D eigenvalue weighted by molar-refractivity contribution is 6.42. The summed E-state index contributed by atoms with van der Waals surface area (Å²) < 4.78 is 7.67. The molecule has 8 heteroatoms. The fourth-order valence-electron chi connectivity index (χ4n) is 4.12. The standard InChI is InChI=1S/C27H28Cl2N2O4/c1-27(2,3)25(33)21-14-22(32)24(35-16-17-7-5-4-6-8-17)23-26(34)30(11-12-31(21)23)15-18-9-10-19(28)20(29)13-18/h4-10,13-14,25,33H,11-12,15-16H2,1-3H3. The van der Waals surface area contributed by atoms with Crippen molar-refractivity contribution in [1.82, 2.24) is 9.47 Å². The van der Waals surface area contributed by atoms with Crippen LogP contribution in [-0.4, -0.2) is 27.0 Å². The van der Waals surface area contributed by atoms with E-state index >= 15 is 0 Å². The lowest BCUT2D eigenvalue weighted by Crippen LogP contribution is -2.43. The van der Waals surface area contributed by atoms with Crippen LogP contribution in [0.3, 0.4) is 0 Å². The molecule has 1 atom stereocenters. The molecule has 1 N–H and O–H groups in total. The number of halogens is 2. The molecular weight excluding hydrogens is 487 g/mol. The number of aliphatic hydroxyl groups is 1. The van der Waals surface area contributed by atoms with Crippen molar-refractivity contribution in [3.05, 3.63) is 97.4 Å². The van der Waals surface area contributed by atoms with E-state index in [2.05, 4.69) is 0 Å². The Balaban J connectivity index is 1.75. The molecule has 0 saturated heterocycles. The van der Waals surface area contributed by atoms with E-state index in [-0.39, 0.29) is 24.0 Å². The summed E-state index contributed by atoms with van der Waals surface area (Å²) in [7, 11) is 0. The third-order valence-electron chi connectivity index (χ3n) is 6.07. The molecule has 0 saturated carbocycles. The van der Waals surface area contributed by atoms with Crippen LogP contribution in [-0.2, 0) is 19.7 Å². The van der Waals surface area contributed by atoms with Crippen LogP contribution >= 0.6 is 23.2 Å². The minimum Gasteiger partial charge on any atom is -0.483 e. The minimum atomic E-state index is -0.938. The molecule has 0 aliphatic carbocycles. The van der Waals surface area contributed by atoms with Crippen molar-refractivity contribution in [1.29, 1.82) is 0 Å². The Morgan fingerprint density at radius 3 is 2.34 bits per heavy atom. The van der Waals surface area contributed by atoms with Crippen LogP contribution in [0.1, 0.15) is 54.2 Å². The van der Waals surface area contributed by atoms with Crippen molar-refractivity contribution in [3.8, 4) is 5.75 Å². The highest BCUT2D eigenvalue weighted by Crippen LogP contribution is 2.35. The summed E-state index contributed by atoms with van der Waals surface area (Å²) in [6, 6.07) is 16.1. The molecule has 2 aromatic carbocycles. The van der Waals surface area contributed by atoms with Crippen LogP contribution < -0.4 is 10.2 Å². The molecule has 0 bridgehead atoms. The lowest BCUT2D eigenvalue weighted by molar-refractivity contribution is 0.0491. The van der Waals surface area contributed by atoms with Crippen molar-refractivity contribution in [2.45, 2.75) is 46.6 Å². The summed E-state index contributed by atoms with van der Waals surface area (Å²) in [5.41, 5.74) is 1.29. The summed E-state index contributed by atoms with van der Waals surface area (Å²) in [4.78, 5) is 28.6. The first-order chi connectivity index (χ1) is 16.6. The summed E-state index contributed by atoms with van der Waals surface area (Å²) in [6.45, 7) is 6.91. The van der Waals surface area contributed by atoms with Gasteiger partial charge in [0.15, 0.2) is 11.4 Å². The van der Waals surface area contributed by atoms with E-state index in [1.54, 1.807) is 21.6 Å². The zero-order valence-corrected chi connectivity index (χ0v) is 21.4. The molecular formula is C27H28Cl2N2O4. The molecule has 184 valence electrons. The maximum Gasteiger partial charge on any atom is 0.274 e. The molecule has 1 aliphatic rings. The molecule has 35 heavy (non-hydrogen) atoms. The number of aromatic nitrogens is 1. The first-order valence-electron chi connectivity index (χ1n) is 11.4. The maximum atomic E-state index is 13.7. The third kappa shape index (κ3) is 5.40. The molecule has 1 aromatic heterocycles. The van der Waals surface area contributed by atoms with Crippen LogP contribution in [0.15, 0.2) is 59.4 Å². The van der Waals surface area contributed by atoms with Gasteiger partial charge in [0, 0.05) is 25.7 Å². The zero-order valence-electron chi connectivity index (χ0n) is 19.9. The first kappa shape index (κ1) is 25.3. The summed E-state index contributed by atoms with van der Waals surface area (Å²) in [6.07, 6.45) is -0.938. The van der Waals surface area contributed by atoms with Crippen molar-refractivity contribution >= 4 is 29.1 Å². The van der Waals surface area contributed by atoms with Gasteiger partial charge in [-0.1, -0.05) is 80.4 Å². The van der Waals surface area contributed by atoms with Crippen molar-refractivity contribution in [2.24, 2.45) is 5.41 Å². The number of amides is 1. The van der Waals surface area contributed by atoms with Crippen LogP contribution in [0.25, 0.3) is 0 Å². The van der Waals surface area contributed by atoms with Gasteiger partial charge in [-0.25, -0.2) is 0 Å². The van der Waals surface area contributed by atoms with Gasteiger partial charge in [0.2, 0.25) is 5.43 Å². The van der Waals surface area contributed by atoms with E-state index < -0.39 is 16.9 Å². The van der Waals surface area contributed by atoms with Crippen molar-refractivity contribution in [2.75, 3.05) is 6.54 Å². The highest BCUT2D eigenvalue weighted by atomic mass is 35.5. The number of fused-ring (bicyclic) bond motifs is 1. The topological polar surface area (TPSA) is 71.8 Å². The number of hydrogen-bond donors (Lipinski definition) is 1. The smallest absolute Gasteiger partial charge is 0.274 e. The second kappa shape index (κ2) is 10.1. The van der Waals surface area contributed by atoms with Gasteiger partial charge < -0.3 is 19.3 Å². The first-order valence-corrected chi connectivity index (χ1v) is 12.2. The van der Waals surface area contributed by atoms with E-state index in [9.17, 15) is 14.7 Å². The van der Waals surface area contributed by atoms with E-state index in [0.717, 1.165) is 11.1 Å². The molecule has 2 heterocycles. The molecule has 4 rings (SSSR count). The fourth-order valence-corrected chi connectivity index (χ4v) is 4.44. The number of benzene rings is 2. The summed E-state index contributed by atoms with van der Waals surface area (Å²) >= 11 is 12.2. The Hall–Kier alpha value is -2.80. The Morgan fingerprint density at radius 1 is 0.971 bits per heavy atom. The van der Waals surface area contributed by atoms with E-state index in [1.165, 1.54) is 6.07 Å². The number of nitrogens with zero attached hydrogens (tertiary/aromatic N) is 2. The number of ether oxygens (including phenoxy) is 1. The second-order valence-corrected chi connectivity index (χ2v) is 10.6. The predicted molar refractivity (Wildman–Crippen MR) is 137 cm³/mol. The molecule has 0 spiro atoms. The van der Waals surface area contributed by atoms with Gasteiger partial charge in [-0.15, -0.1) is 0 Å². The van der Waals surface area contributed by atoms with Gasteiger partial charge >= 0.3 is 0 Å². The number of pyridine rings is 1. The Morgan fingerprint density at radius 2 is 1.69 bits per heavy atom. The molecule has 1 amide bonds. The molecule has 0 fully saturated rings. The van der Waals surface area contributed by atoms with E-state index in [1.807, 2.05) is 57.2 Å². The largest absolute Gasteiger partial charge is 0.483 e. The average Bonchev–Trinajstić information content (AvgIpc) is 2.82. The number of hydrogen-bond acceptors (Lipinski definition) is 4. The fraction of sp³-hybridized carbons (Fsp3) is 0.333. The highest BCUT2D eigenvalue weighted by Gasteiger charge is 2.35. The lowest BCUT2D eigenvalue weighted by Gasteiger charge is -2.35. The molecule has 3 aromatic rings. The SMILES string of the molecule is CC(C)(C)C(O)c1cc(=O)c(OCc2ccccc2)c2n1CCN(Cc1ccc(Cl)c(Cl)c1)C2=O. The number of carbonyl (C=O) groups excluding carboxylic acids is 1. The van der Waals surface area contributed by atoms with Crippen LogP contribution in [0.4, 0.5) is 0 Å². The Kier molecular flexibility index (Phi) is 7.27. The second-order valence-electron chi connectivity index (χ2n) is 9.78. The van der Waals surface area contributed by atoms with Crippen LogP contribution in [0.2, 0.25) is 10.0 Å². The van der Waals surface area contributed by atoms with Crippen molar-refractivity contribution in [3.63, 3.8) is 0 Å². The molecule has 1 aliphatic heterocycles. The summed E-state index contributed by atoms with van der Waals surface area (Å²) in [5, 5.41) is 11.9. The van der Waals surface area contributed by atoms with Gasteiger partial charge in [-0.3, -0.25) is 9.59 Å². The number of rotatable bonds is 6. The molecule has 0 radical (unpaired) electrons. The van der Waals surface area contributed by atoms with Gasteiger partial charge in [0.25, 0.3) is 5.91 Å². The number of aliphatic hydroxyl groups excluding tert-OH is 1. The Bertz CT molecular complexity index is 1300. The van der Waals surface area contributed by atoms with Gasteiger partial charge in [-0.05, 0) is 28.7 Å². The number of carbonyl (C=O) groups is 1. The van der Waals surface area contributed by atoms with Gasteiger partial charge in [0.1, 0.15) is 6.61 Å². The normalized spacial score (nSPS) is 14.6. The Labute approximate surface area is 214 Å². The third-order valence-corrected chi connectivity index (χ3v) is 6.81. The van der Waals surface area contributed by atoms with Gasteiger partial charge in [0.05, 0.1) is 21.8 Å². The average molecular weight is 515 g/mol. The van der Waals surface area contributed by atoms with Crippen molar-refractivity contribution < 1.29 is 14.6 Å². The van der Waals surface area contributed by atoms with Crippen LogP contribution in [0, 0.1) is 5.41 Å².